The highest BCUT2D eigenvalue weighted by Gasteiger charge is 2.48. The highest BCUT2D eigenvalue weighted by atomic mass is 16.4. The minimum Gasteiger partial charge on any atom is -0.445 e. The van der Waals surface area contributed by atoms with E-state index in [9.17, 15) is 0 Å². The average molecular weight is 284 g/mol. The molecule has 0 radical (unpaired) electrons. The van der Waals surface area contributed by atoms with E-state index >= 15 is 0 Å². The first-order valence-corrected chi connectivity index (χ1v) is 7.92. The molecule has 3 heteroatoms. The summed E-state index contributed by atoms with van der Waals surface area (Å²) in [6.07, 6.45) is 5.11. The Morgan fingerprint density at radius 2 is 2.00 bits per heavy atom. The molecular formula is C18H24N2O. The van der Waals surface area contributed by atoms with E-state index in [0.29, 0.717) is 5.92 Å². The molecular weight excluding hydrogens is 260 g/mol. The van der Waals surface area contributed by atoms with Crippen LogP contribution in [0.1, 0.15) is 43.9 Å². The molecule has 112 valence electrons. The van der Waals surface area contributed by atoms with Crippen molar-refractivity contribution in [3.05, 3.63) is 53.7 Å². The lowest BCUT2D eigenvalue weighted by Gasteiger charge is -2.11. The van der Waals surface area contributed by atoms with E-state index < -0.39 is 0 Å². The SMILES string of the molecule is CC(C)CNCCc1ncc(C2(c3ccccc3)CC2)o1. The van der Waals surface area contributed by atoms with Crippen LogP contribution in [0.4, 0.5) is 0 Å². The summed E-state index contributed by atoms with van der Waals surface area (Å²) in [5.41, 5.74) is 1.45. The van der Waals surface area contributed by atoms with Crippen molar-refractivity contribution in [3.63, 3.8) is 0 Å². The number of hydrogen-bond donors (Lipinski definition) is 1. The van der Waals surface area contributed by atoms with Gasteiger partial charge in [-0.05, 0) is 30.9 Å². The van der Waals surface area contributed by atoms with E-state index in [2.05, 4.69) is 54.5 Å². The van der Waals surface area contributed by atoms with Gasteiger partial charge < -0.3 is 9.73 Å². The van der Waals surface area contributed by atoms with E-state index in [1.54, 1.807) is 0 Å². The number of nitrogens with zero attached hydrogens (tertiary/aromatic N) is 1. The molecule has 1 heterocycles. The molecule has 0 bridgehead atoms. The van der Waals surface area contributed by atoms with Crippen molar-refractivity contribution in [1.29, 1.82) is 0 Å². The third-order valence-corrected chi connectivity index (χ3v) is 4.17. The van der Waals surface area contributed by atoms with Gasteiger partial charge in [-0.1, -0.05) is 44.2 Å². The topological polar surface area (TPSA) is 38.1 Å². The molecule has 3 nitrogen and oxygen atoms in total. The number of aromatic nitrogens is 1. The van der Waals surface area contributed by atoms with Gasteiger partial charge in [-0.15, -0.1) is 0 Å². The van der Waals surface area contributed by atoms with Gasteiger partial charge in [-0.25, -0.2) is 4.98 Å². The number of nitrogens with one attached hydrogen (secondary N) is 1. The van der Waals surface area contributed by atoms with Crippen molar-refractivity contribution in [2.75, 3.05) is 13.1 Å². The summed E-state index contributed by atoms with van der Waals surface area (Å²) in [6, 6.07) is 10.6. The first-order valence-electron chi connectivity index (χ1n) is 7.92. The van der Waals surface area contributed by atoms with Crippen molar-refractivity contribution in [1.82, 2.24) is 10.3 Å². The predicted octanol–water partition coefficient (Wildman–Crippen LogP) is 3.54. The molecule has 0 amide bonds. The zero-order valence-corrected chi connectivity index (χ0v) is 12.9. The fourth-order valence-corrected chi connectivity index (χ4v) is 2.79. The van der Waals surface area contributed by atoms with E-state index in [0.717, 1.165) is 44.0 Å². The molecule has 0 unspecified atom stereocenters. The van der Waals surface area contributed by atoms with Gasteiger partial charge in [-0.3, -0.25) is 0 Å². The second kappa shape index (κ2) is 6.02. The molecule has 21 heavy (non-hydrogen) atoms. The van der Waals surface area contributed by atoms with Crippen molar-refractivity contribution in [3.8, 4) is 0 Å². The van der Waals surface area contributed by atoms with E-state index in [1.807, 2.05) is 6.20 Å². The average Bonchev–Trinajstić information content (AvgIpc) is 3.17. The van der Waals surface area contributed by atoms with Crippen LogP contribution in [0.5, 0.6) is 0 Å². The zero-order valence-electron chi connectivity index (χ0n) is 12.9. The first-order chi connectivity index (χ1) is 10.2. The van der Waals surface area contributed by atoms with Crippen molar-refractivity contribution < 1.29 is 4.42 Å². The molecule has 1 aliphatic carbocycles. The maximum atomic E-state index is 6.02. The monoisotopic (exact) mass is 284 g/mol. The van der Waals surface area contributed by atoms with Gasteiger partial charge in [0, 0.05) is 13.0 Å². The Hall–Kier alpha value is -1.61. The third kappa shape index (κ3) is 3.18. The molecule has 0 aliphatic heterocycles. The first kappa shape index (κ1) is 14.3. The highest BCUT2D eigenvalue weighted by molar-refractivity contribution is 5.39. The van der Waals surface area contributed by atoms with Crippen molar-refractivity contribution in [2.45, 2.75) is 38.5 Å². The van der Waals surface area contributed by atoms with Crippen LogP contribution in [0.2, 0.25) is 0 Å². The van der Waals surface area contributed by atoms with E-state index in [1.165, 1.54) is 5.56 Å². The van der Waals surface area contributed by atoms with Crippen LogP contribution in [-0.2, 0) is 11.8 Å². The zero-order chi connectivity index (χ0) is 14.7. The van der Waals surface area contributed by atoms with Gasteiger partial charge in [0.1, 0.15) is 5.76 Å². The number of hydrogen-bond acceptors (Lipinski definition) is 3. The summed E-state index contributed by atoms with van der Waals surface area (Å²) in [7, 11) is 0. The molecule has 1 aliphatic rings. The lowest BCUT2D eigenvalue weighted by Crippen LogP contribution is -2.22. The Balaban J connectivity index is 1.63. The molecule has 2 aromatic rings. The lowest BCUT2D eigenvalue weighted by atomic mass is 9.94. The summed E-state index contributed by atoms with van der Waals surface area (Å²) in [4.78, 5) is 4.46. The summed E-state index contributed by atoms with van der Waals surface area (Å²) in [5.74, 6) is 2.56. The van der Waals surface area contributed by atoms with Gasteiger partial charge in [0.2, 0.25) is 0 Å². The Kier molecular flexibility index (Phi) is 4.11. The van der Waals surface area contributed by atoms with Crippen LogP contribution >= 0.6 is 0 Å². The van der Waals surface area contributed by atoms with Crippen molar-refractivity contribution in [2.24, 2.45) is 5.92 Å². The fraction of sp³-hybridized carbons (Fsp3) is 0.500. The lowest BCUT2D eigenvalue weighted by molar-refractivity contribution is 0.425. The normalized spacial score (nSPS) is 16.3. The van der Waals surface area contributed by atoms with Gasteiger partial charge in [0.25, 0.3) is 0 Å². The van der Waals surface area contributed by atoms with Crippen LogP contribution < -0.4 is 5.32 Å². The van der Waals surface area contributed by atoms with E-state index in [4.69, 9.17) is 4.42 Å². The fourth-order valence-electron chi connectivity index (χ4n) is 2.79. The number of rotatable bonds is 7. The largest absolute Gasteiger partial charge is 0.445 e. The minimum atomic E-state index is 0.0951. The molecule has 1 N–H and O–H groups in total. The van der Waals surface area contributed by atoms with Crippen molar-refractivity contribution >= 4 is 0 Å². The highest BCUT2D eigenvalue weighted by Crippen LogP contribution is 2.53. The molecule has 1 aromatic carbocycles. The number of benzene rings is 1. The molecule has 1 fully saturated rings. The second-order valence-electron chi connectivity index (χ2n) is 6.41. The summed E-state index contributed by atoms with van der Waals surface area (Å²) < 4.78 is 6.02. The Morgan fingerprint density at radius 3 is 2.67 bits per heavy atom. The van der Waals surface area contributed by atoms with Crippen LogP contribution in [0, 0.1) is 5.92 Å². The molecule has 1 aromatic heterocycles. The maximum Gasteiger partial charge on any atom is 0.195 e. The Labute approximate surface area is 126 Å². The summed E-state index contributed by atoms with van der Waals surface area (Å²) in [6.45, 7) is 6.40. The van der Waals surface area contributed by atoms with Crippen LogP contribution in [-0.4, -0.2) is 18.1 Å². The Morgan fingerprint density at radius 1 is 1.24 bits per heavy atom. The quantitative estimate of drug-likeness (QED) is 0.790. The molecule has 0 saturated heterocycles. The Bertz CT molecular complexity index is 570. The van der Waals surface area contributed by atoms with Crippen LogP contribution in [0.3, 0.4) is 0 Å². The minimum absolute atomic E-state index is 0.0951. The van der Waals surface area contributed by atoms with Gasteiger partial charge >= 0.3 is 0 Å². The molecule has 0 spiro atoms. The molecule has 3 rings (SSSR count). The van der Waals surface area contributed by atoms with Crippen LogP contribution in [0.15, 0.2) is 40.9 Å². The molecule has 1 saturated carbocycles. The standard InChI is InChI=1S/C18H24N2O/c1-14(2)12-19-11-8-17-20-13-16(21-17)18(9-10-18)15-6-4-3-5-7-15/h3-7,13-14,19H,8-12H2,1-2H3. The van der Waals surface area contributed by atoms with Gasteiger partial charge in [0.15, 0.2) is 5.89 Å². The van der Waals surface area contributed by atoms with E-state index in [-0.39, 0.29) is 5.41 Å². The van der Waals surface area contributed by atoms with Gasteiger partial charge in [-0.2, -0.15) is 0 Å². The number of oxazole rings is 1. The van der Waals surface area contributed by atoms with Crippen LogP contribution in [0.25, 0.3) is 0 Å². The summed E-state index contributed by atoms with van der Waals surface area (Å²) in [5, 5.41) is 3.43. The summed E-state index contributed by atoms with van der Waals surface area (Å²) >= 11 is 0. The molecule has 0 atom stereocenters. The maximum absolute atomic E-state index is 6.02. The van der Waals surface area contributed by atoms with Gasteiger partial charge in [0.05, 0.1) is 11.6 Å². The smallest absolute Gasteiger partial charge is 0.195 e. The predicted molar refractivity (Wildman–Crippen MR) is 84.4 cm³/mol. The third-order valence-electron chi connectivity index (χ3n) is 4.17. The second-order valence-corrected chi connectivity index (χ2v) is 6.41.